The Kier molecular flexibility index (Phi) is 2.24. The molecule has 0 unspecified atom stereocenters. The summed E-state index contributed by atoms with van der Waals surface area (Å²) >= 11 is 4.51. The fourth-order valence-electron chi connectivity index (χ4n) is 1.10. The Morgan fingerprint density at radius 2 is 2.10 bits per heavy atom. The molecule has 1 aliphatic rings. The van der Waals surface area contributed by atoms with Gasteiger partial charge >= 0.3 is 0 Å². The van der Waals surface area contributed by atoms with Gasteiger partial charge in [0.15, 0.2) is 0 Å². The van der Waals surface area contributed by atoms with Crippen LogP contribution in [0.5, 0.6) is 0 Å². The molecule has 1 heteroatoms. The van der Waals surface area contributed by atoms with Crippen molar-refractivity contribution in [2.75, 3.05) is 0 Å². The molecule has 0 aromatic rings. The Hall–Kier alpha value is -0.170. The molecule has 1 atom stereocenters. The van der Waals surface area contributed by atoms with Crippen molar-refractivity contribution in [1.82, 2.24) is 0 Å². The number of rotatable bonds is 1. The molecular formula is C9H14S. The van der Waals surface area contributed by atoms with E-state index in [1.165, 1.54) is 0 Å². The third kappa shape index (κ3) is 1.91. The first-order chi connectivity index (χ1) is 4.61. The first kappa shape index (κ1) is 7.93. The Labute approximate surface area is 68.4 Å². The summed E-state index contributed by atoms with van der Waals surface area (Å²) in [6.07, 6.45) is 9.75. The van der Waals surface area contributed by atoms with Gasteiger partial charge in [-0.25, -0.2) is 0 Å². The second-order valence-corrected chi connectivity index (χ2v) is 4.46. The predicted octanol–water partition coefficient (Wildman–Crippen LogP) is 2.83. The van der Waals surface area contributed by atoms with Crippen LogP contribution in [0, 0.1) is 5.92 Å². The average molecular weight is 154 g/mol. The monoisotopic (exact) mass is 154 g/mol. The van der Waals surface area contributed by atoms with E-state index in [2.05, 4.69) is 50.8 Å². The second-order valence-electron chi connectivity index (χ2n) is 3.31. The van der Waals surface area contributed by atoms with Crippen LogP contribution < -0.4 is 0 Å². The minimum Gasteiger partial charge on any atom is -0.172 e. The number of hydrogen-bond acceptors (Lipinski definition) is 1. The van der Waals surface area contributed by atoms with Gasteiger partial charge in [-0.2, -0.15) is 12.6 Å². The van der Waals surface area contributed by atoms with Crippen LogP contribution in [0.3, 0.4) is 0 Å². The van der Waals surface area contributed by atoms with Crippen LogP contribution in [0.1, 0.15) is 20.3 Å². The van der Waals surface area contributed by atoms with Crippen molar-refractivity contribution < 1.29 is 0 Å². The van der Waals surface area contributed by atoms with Gasteiger partial charge in [0.25, 0.3) is 0 Å². The lowest BCUT2D eigenvalue weighted by molar-refractivity contribution is 0.517. The maximum Gasteiger partial charge on any atom is 0.0139 e. The Balaban J connectivity index is 2.60. The zero-order valence-corrected chi connectivity index (χ0v) is 7.44. The van der Waals surface area contributed by atoms with Gasteiger partial charge in [-0.1, -0.05) is 38.2 Å². The lowest BCUT2D eigenvalue weighted by Gasteiger charge is -2.27. The quantitative estimate of drug-likeness (QED) is 0.552. The van der Waals surface area contributed by atoms with Crippen LogP contribution in [-0.2, 0) is 0 Å². The number of thiol groups is 1. The maximum atomic E-state index is 4.51. The highest BCUT2D eigenvalue weighted by atomic mass is 32.1. The fourth-order valence-corrected chi connectivity index (χ4v) is 1.30. The molecule has 0 fully saturated rings. The normalized spacial score (nSPS) is 25.3. The van der Waals surface area contributed by atoms with Crippen LogP contribution in [0.15, 0.2) is 24.3 Å². The smallest absolute Gasteiger partial charge is 0.0139 e. The first-order valence-corrected chi connectivity index (χ1v) is 4.11. The lowest BCUT2D eigenvalue weighted by atomic mass is 9.89. The standard InChI is InChI=1S/C9H14S/c1-9(2,10)8-6-4-3-5-7-8/h3-6,8,10H,7H2,1-2H3/t8-/m0/s1. The van der Waals surface area contributed by atoms with Crippen molar-refractivity contribution in [3.8, 4) is 0 Å². The number of allylic oxidation sites excluding steroid dienone is 4. The highest BCUT2D eigenvalue weighted by Gasteiger charge is 2.22. The molecule has 0 bridgehead atoms. The SMILES string of the molecule is CC(C)(S)[C@H]1C=CC=CC1. The zero-order chi connectivity index (χ0) is 7.61. The van der Waals surface area contributed by atoms with Crippen molar-refractivity contribution in [2.24, 2.45) is 5.92 Å². The summed E-state index contributed by atoms with van der Waals surface area (Å²) in [5.41, 5.74) is 0. The van der Waals surface area contributed by atoms with E-state index in [0.717, 1.165) is 6.42 Å². The summed E-state index contributed by atoms with van der Waals surface area (Å²) in [6, 6.07) is 0. The van der Waals surface area contributed by atoms with Gasteiger partial charge in [0.1, 0.15) is 0 Å². The van der Waals surface area contributed by atoms with Crippen LogP contribution in [0.25, 0.3) is 0 Å². The summed E-state index contributed by atoms with van der Waals surface area (Å²) in [6.45, 7) is 4.31. The summed E-state index contributed by atoms with van der Waals surface area (Å²) < 4.78 is 0.126. The molecule has 1 aliphatic carbocycles. The second kappa shape index (κ2) is 2.83. The summed E-state index contributed by atoms with van der Waals surface area (Å²) in [4.78, 5) is 0. The van der Waals surface area contributed by atoms with Crippen LogP contribution in [-0.4, -0.2) is 4.75 Å². The van der Waals surface area contributed by atoms with Gasteiger partial charge in [-0.05, 0) is 12.3 Å². The van der Waals surface area contributed by atoms with Gasteiger partial charge in [0.2, 0.25) is 0 Å². The van der Waals surface area contributed by atoms with Crippen molar-refractivity contribution in [3.63, 3.8) is 0 Å². The van der Waals surface area contributed by atoms with Gasteiger partial charge in [0, 0.05) is 4.75 Å². The molecule has 0 amide bonds. The Morgan fingerprint density at radius 1 is 1.40 bits per heavy atom. The molecule has 0 radical (unpaired) electrons. The molecule has 10 heavy (non-hydrogen) atoms. The third-order valence-corrected chi connectivity index (χ3v) is 2.22. The Bertz CT molecular complexity index is 160. The molecule has 0 aliphatic heterocycles. The van der Waals surface area contributed by atoms with E-state index in [0.29, 0.717) is 5.92 Å². The minimum absolute atomic E-state index is 0.126. The van der Waals surface area contributed by atoms with Gasteiger partial charge < -0.3 is 0 Å². The predicted molar refractivity (Wildman–Crippen MR) is 49.5 cm³/mol. The third-order valence-electron chi connectivity index (χ3n) is 1.89. The van der Waals surface area contributed by atoms with Crippen molar-refractivity contribution in [3.05, 3.63) is 24.3 Å². The molecule has 0 saturated carbocycles. The van der Waals surface area contributed by atoms with Crippen molar-refractivity contribution in [2.45, 2.75) is 25.0 Å². The van der Waals surface area contributed by atoms with Crippen LogP contribution in [0.2, 0.25) is 0 Å². The maximum absolute atomic E-state index is 4.51. The van der Waals surface area contributed by atoms with Crippen molar-refractivity contribution >= 4 is 12.6 Å². The van der Waals surface area contributed by atoms with Gasteiger partial charge in [-0.3, -0.25) is 0 Å². The van der Waals surface area contributed by atoms with Crippen LogP contribution in [0.4, 0.5) is 0 Å². The minimum atomic E-state index is 0.126. The van der Waals surface area contributed by atoms with E-state index in [1.807, 2.05) is 0 Å². The van der Waals surface area contributed by atoms with Gasteiger partial charge in [-0.15, -0.1) is 0 Å². The molecule has 0 nitrogen and oxygen atoms in total. The van der Waals surface area contributed by atoms with E-state index in [-0.39, 0.29) is 4.75 Å². The van der Waals surface area contributed by atoms with E-state index in [9.17, 15) is 0 Å². The molecule has 1 rings (SSSR count). The fraction of sp³-hybridized carbons (Fsp3) is 0.556. The van der Waals surface area contributed by atoms with Crippen molar-refractivity contribution in [1.29, 1.82) is 0 Å². The molecule has 56 valence electrons. The van der Waals surface area contributed by atoms with E-state index >= 15 is 0 Å². The molecule has 0 heterocycles. The molecule has 0 N–H and O–H groups in total. The molecule has 0 aromatic heterocycles. The van der Waals surface area contributed by atoms with Gasteiger partial charge in [0.05, 0.1) is 0 Å². The lowest BCUT2D eigenvalue weighted by Crippen LogP contribution is -2.23. The molecule has 0 spiro atoms. The van der Waals surface area contributed by atoms with E-state index in [1.54, 1.807) is 0 Å². The van der Waals surface area contributed by atoms with E-state index < -0.39 is 0 Å². The zero-order valence-electron chi connectivity index (χ0n) is 6.54. The summed E-state index contributed by atoms with van der Waals surface area (Å²) in [7, 11) is 0. The summed E-state index contributed by atoms with van der Waals surface area (Å²) in [5, 5.41) is 0. The van der Waals surface area contributed by atoms with E-state index in [4.69, 9.17) is 0 Å². The van der Waals surface area contributed by atoms with Crippen LogP contribution >= 0.6 is 12.6 Å². The molecule has 0 aromatic carbocycles. The largest absolute Gasteiger partial charge is 0.172 e. The number of hydrogen-bond donors (Lipinski definition) is 1. The Morgan fingerprint density at radius 3 is 2.40 bits per heavy atom. The first-order valence-electron chi connectivity index (χ1n) is 3.66. The summed E-state index contributed by atoms with van der Waals surface area (Å²) in [5.74, 6) is 0.598. The molecule has 0 saturated heterocycles. The topological polar surface area (TPSA) is 0 Å². The molecular weight excluding hydrogens is 140 g/mol. The average Bonchev–Trinajstić information content (AvgIpc) is 1.88. The highest BCUT2D eigenvalue weighted by molar-refractivity contribution is 7.81. The highest BCUT2D eigenvalue weighted by Crippen LogP contribution is 2.29.